The lowest BCUT2D eigenvalue weighted by atomic mass is 10.3. The van der Waals surface area contributed by atoms with Gasteiger partial charge in [-0.25, -0.2) is 0 Å². The number of nitrogens with one attached hydrogen (secondary N) is 1. The number of hydrogen-bond acceptors (Lipinski definition) is 3. The Bertz CT molecular complexity index is 229. The van der Waals surface area contributed by atoms with E-state index in [1.54, 1.807) is 0 Å². The van der Waals surface area contributed by atoms with Gasteiger partial charge in [0.2, 0.25) is 11.6 Å². The van der Waals surface area contributed by atoms with Gasteiger partial charge in [-0.15, -0.1) is 0 Å². The van der Waals surface area contributed by atoms with Crippen LogP contribution in [0.25, 0.3) is 0 Å². The fraction of sp³-hybridized carbons (Fsp3) is 0.667. The Morgan fingerprint density at radius 2 is 1.07 bits per heavy atom. The van der Waals surface area contributed by atoms with Crippen molar-refractivity contribution >= 4 is 11.6 Å². The van der Waals surface area contributed by atoms with E-state index in [0.717, 1.165) is 0 Å². The van der Waals surface area contributed by atoms with Crippen LogP contribution in [0.1, 0.15) is 0 Å². The molecule has 0 atom stereocenters. The zero-order valence-corrected chi connectivity index (χ0v) is 7.00. The summed E-state index contributed by atoms with van der Waals surface area (Å²) < 4.78 is 69.1. The van der Waals surface area contributed by atoms with Crippen molar-refractivity contribution in [2.75, 3.05) is 13.1 Å². The molecule has 0 spiro atoms. The van der Waals surface area contributed by atoms with E-state index in [1.165, 1.54) is 5.32 Å². The summed E-state index contributed by atoms with van der Waals surface area (Å²) in [5, 5.41) is 1.46. The van der Waals surface area contributed by atoms with Crippen LogP contribution in [0.4, 0.5) is 26.3 Å². The third kappa shape index (κ3) is 5.35. The molecule has 0 radical (unpaired) electrons. The first kappa shape index (κ1) is 13.9. The minimum absolute atomic E-state index is 1.36. The zero-order chi connectivity index (χ0) is 12.3. The van der Waals surface area contributed by atoms with Gasteiger partial charge in [-0.1, -0.05) is 0 Å². The van der Waals surface area contributed by atoms with E-state index in [9.17, 15) is 35.9 Å². The van der Waals surface area contributed by atoms with Crippen molar-refractivity contribution in [1.29, 1.82) is 0 Å². The quantitative estimate of drug-likeness (QED) is 0.737. The summed E-state index contributed by atoms with van der Waals surface area (Å²) in [6, 6.07) is 0. The number of carbonyl (C=O) groups is 2. The number of rotatable bonds is 4. The molecule has 0 fully saturated rings. The van der Waals surface area contributed by atoms with Gasteiger partial charge >= 0.3 is 12.4 Å². The summed E-state index contributed by atoms with van der Waals surface area (Å²) in [6.45, 7) is -2.71. The lowest BCUT2D eigenvalue weighted by Gasteiger charge is -2.07. The van der Waals surface area contributed by atoms with Crippen LogP contribution in [-0.4, -0.2) is 37.0 Å². The molecule has 88 valence electrons. The zero-order valence-electron chi connectivity index (χ0n) is 7.00. The van der Waals surface area contributed by atoms with Crippen LogP contribution >= 0.6 is 0 Å². The molecule has 0 bridgehead atoms. The second-order valence-electron chi connectivity index (χ2n) is 2.45. The van der Waals surface area contributed by atoms with Crippen molar-refractivity contribution < 1.29 is 35.9 Å². The van der Waals surface area contributed by atoms with Gasteiger partial charge in [-0.2, -0.15) is 26.3 Å². The lowest BCUT2D eigenvalue weighted by Crippen LogP contribution is -2.39. The molecule has 1 N–H and O–H groups in total. The van der Waals surface area contributed by atoms with Crippen LogP contribution in [0.5, 0.6) is 0 Å². The van der Waals surface area contributed by atoms with Gasteiger partial charge in [0.15, 0.2) is 0 Å². The van der Waals surface area contributed by atoms with E-state index in [4.69, 9.17) is 0 Å². The van der Waals surface area contributed by atoms with E-state index < -0.39 is 37.0 Å². The molecule has 0 aliphatic rings. The normalized spacial score (nSPS) is 12.7. The molecule has 0 aromatic heterocycles. The lowest BCUT2D eigenvalue weighted by molar-refractivity contribution is -0.172. The first-order chi connectivity index (χ1) is 6.55. The molecule has 0 aromatic rings. The molecule has 0 rings (SSSR count). The average molecular weight is 237 g/mol. The number of ketones is 2. The largest absolute Gasteiger partial charge is 0.451 e. The second-order valence-corrected chi connectivity index (χ2v) is 2.45. The van der Waals surface area contributed by atoms with Gasteiger partial charge in [0, 0.05) is 0 Å². The summed E-state index contributed by atoms with van der Waals surface area (Å²) in [7, 11) is 0. The molecular weight excluding hydrogens is 232 g/mol. The van der Waals surface area contributed by atoms with Crippen molar-refractivity contribution in [3.8, 4) is 0 Å². The van der Waals surface area contributed by atoms with Gasteiger partial charge in [-0.3, -0.25) is 9.59 Å². The molecule has 0 aliphatic carbocycles. The van der Waals surface area contributed by atoms with Crippen molar-refractivity contribution in [2.45, 2.75) is 12.4 Å². The molecule has 15 heavy (non-hydrogen) atoms. The predicted molar refractivity (Wildman–Crippen MR) is 35.0 cm³/mol. The Hall–Kier alpha value is -1.12. The molecule has 0 unspecified atom stereocenters. The number of Topliss-reactive ketones (excluding diaryl/α,β-unsaturated/α-hetero) is 2. The second kappa shape index (κ2) is 4.60. The molecule has 0 amide bonds. The standard InChI is InChI=1S/C6H5F6NO2/c7-5(8,9)3(14)1-13-2-4(15)6(10,11)12/h13H,1-2H2. The molecule has 9 heteroatoms. The number of alkyl halides is 6. The number of hydrogen-bond donors (Lipinski definition) is 1. The summed E-state index contributed by atoms with van der Waals surface area (Å²) in [6.07, 6.45) is -10.2. The summed E-state index contributed by atoms with van der Waals surface area (Å²) in [5.41, 5.74) is 0. The van der Waals surface area contributed by atoms with Gasteiger partial charge in [0.25, 0.3) is 0 Å². The highest BCUT2D eigenvalue weighted by atomic mass is 19.4. The highest BCUT2D eigenvalue weighted by Gasteiger charge is 2.40. The van der Waals surface area contributed by atoms with Crippen LogP contribution < -0.4 is 5.32 Å². The molecule has 0 saturated carbocycles. The van der Waals surface area contributed by atoms with Crippen LogP contribution in [0.2, 0.25) is 0 Å². The Morgan fingerprint density at radius 3 is 1.27 bits per heavy atom. The highest BCUT2D eigenvalue weighted by molar-refractivity contribution is 5.88. The van der Waals surface area contributed by atoms with Crippen LogP contribution in [0.15, 0.2) is 0 Å². The predicted octanol–water partition coefficient (Wildman–Crippen LogP) is 0.839. The fourth-order valence-corrected chi connectivity index (χ4v) is 0.490. The Kier molecular flexibility index (Phi) is 4.26. The third-order valence-electron chi connectivity index (χ3n) is 1.20. The monoisotopic (exact) mass is 237 g/mol. The number of halogens is 6. The van der Waals surface area contributed by atoms with Crippen molar-refractivity contribution in [3.05, 3.63) is 0 Å². The van der Waals surface area contributed by atoms with E-state index >= 15 is 0 Å². The average Bonchev–Trinajstić information content (AvgIpc) is 2.00. The molecule has 0 aromatic carbocycles. The van der Waals surface area contributed by atoms with E-state index in [-0.39, 0.29) is 0 Å². The number of carbonyl (C=O) groups excluding carboxylic acids is 2. The van der Waals surface area contributed by atoms with Crippen molar-refractivity contribution in [3.63, 3.8) is 0 Å². The smallest absolute Gasteiger partial charge is 0.303 e. The van der Waals surface area contributed by atoms with Gasteiger partial charge in [0.1, 0.15) is 0 Å². The van der Waals surface area contributed by atoms with Gasteiger partial charge in [0.05, 0.1) is 13.1 Å². The Labute approximate surface area is 79.4 Å². The van der Waals surface area contributed by atoms with E-state index in [0.29, 0.717) is 0 Å². The van der Waals surface area contributed by atoms with E-state index in [2.05, 4.69) is 0 Å². The molecule has 0 heterocycles. The minimum atomic E-state index is -5.12. The maximum absolute atomic E-state index is 11.5. The highest BCUT2D eigenvalue weighted by Crippen LogP contribution is 2.16. The first-order valence-electron chi connectivity index (χ1n) is 3.46. The fourth-order valence-electron chi connectivity index (χ4n) is 0.490. The topological polar surface area (TPSA) is 46.2 Å². The van der Waals surface area contributed by atoms with E-state index in [1.807, 2.05) is 0 Å². The van der Waals surface area contributed by atoms with Crippen molar-refractivity contribution in [1.82, 2.24) is 5.32 Å². The third-order valence-corrected chi connectivity index (χ3v) is 1.20. The van der Waals surface area contributed by atoms with Crippen LogP contribution in [0.3, 0.4) is 0 Å². The summed E-state index contributed by atoms with van der Waals surface area (Å²) >= 11 is 0. The van der Waals surface area contributed by atoms with Gasteiger partial charge < -0.3 is 5.32 Å². The van der Waals surface area contributed by atoms with Gasteiger partial charge in [-0.05, 0) is 0 Å². The summed E-state index contributed by atoms with van der Waals surface area (Å²) in [4.78, 5) is 20.2. The summed E-state index contributed by atoms with van der Waals surface area (Å²) in [5.74, 6) is -4.48. The SMILES string of the molecule is O=C(CNCC(=O)C(F)(F)F)C(F)(F)F. The molecular formula is C6H5F6NO2. The molecule has 0 aliphatic heterocycles. The van der Waals surface area contributed by atoms with Crippen LogP contribution in [-0.2, 0) is 9.59 Å². The minimum Gasteiger partial charge on any atom is -0.303 e. The Morgan fingerprint density at radius 1 is 0.800 bits per heavy atom. The van der Waals surface area contributed by atoms with Crippen molar-refractivity contribution in [2.24, 2.45) is 0 Å². The first-order valence-corrected chi connectivity index (χ1v) is 3.46. The van der Waals surface area contributed by atoms with Crippen LogP contribution in [0, 0.1) is 0 Å². The molecule has 0 saturated heterocycles. The maximum atomic E-state index is 11.5. The molecule has 3 nitrogen and oxygen atoms in total. The maximum Gasteiger partial charge on any atom is 0.451 e. The Balaban J connectivity index is 3.92.